The van der Waals surface area contributed by atoms with Crippen LogP contribution in [-0.2, 0) is 25.9 Å². The highest BCUT2D eigenvalue weighted by molar-refractivity contribution is 8.01. The van der Waals surface area contributed by atoms with Crippen LogP contribution in [0.15, 0.2) is 315 Å². The predicted octanol–water partition coefficient (Wildman–Crippen LogP) is 17.8. The fourth-order valence-corrected chi connectivity index (χ4v) is 21.8. The summed E-state index contributed by atoms with van der Waals surface area (Å²) in [4.78, 5) is 85.7. The minimum atomic E-state index is 0.510. The van der Waals surface area contributed by atoms with Gasteiger partial charge in [0, 0.05) is 74.9 Å². The number of nitrogens with zero attached hydrogens (tertiary/aromatic N) is 34. The third-order valence-corrected chi connectivity index (χ3v) is 30.1. The minimum Gasteiger partial charge on any atom is -0.446 e. The van der Waals surface area contributed by atoms with Gasteiger partial charge in [-0.05, 0) is 185 Å². The Morgan fingerprint density at radius 1 is 0.307 bits per heavy atom. The molecule has 2 aliphatic carbocycles. The molecule has 1 aliphatic heterocycles. The lowest BCUT2D eigenvalue weighted by Gasteiger charge is -2.20. The number of hydrogen-bond donors (Lipinski definition) is 3. The normalized spacial score (nSPS) is 13.3. The summed E-state index contributed by atoms with van der Waals surface area (Å²) in [5.41, 5.74) is 5.52. The van der Waals surface area contributed by atoms with Crippen molar-refractivity contribution in [2.45, 2.75) is 163 Å². The van der Waals surface area contributed by atoms with E-state index in [0.717, 1.165) is 146 Å². The number of nitrogens with one attached hydrogen (secondary N) is 3. The van der Waals surface area contributed by atoms with Crippen molar-refractivity contribution in [3.8, 4) is 0 Å². The van der Waals surface area contributed by atoms with E-state index in [2.05, 4.69) is 172 Å². The number of thioether (sulfide) groups is 3. The summed E-state index contributed by atoms with van der Waals surface area (Å²) in [7, 11) is 5.61. The fraction of sp³-hybridized carbons (Fsp3) is 0.226. The van der Waals surface area contributed by atoms with Gasteiger partial charge in [0.15, 0.2) is 15.5 Å². The Hall–Kier alpha value is -14.5. The van der Waals surface area contributed by atoms with E-state index in [9.17, 15) is 0 Å². The Balaban J connectivity index is 0.000000100. The maximum absolute atomic E-state index is 5.35. The number of hydrogen-bond acceptors (Lipinski definition) is 50. The molecule has 0 radical (unpaired) electrons. The van der Waals surface area contributed by atoms with Gasteiger partial charge >= 0.3 is 0 Å². The molecule has 27 rings (SSSR count). The summed E-state index contributed by atoms with van der Waals surface area (Å²) in [5, 5.41) is 68.5. The molecule has 0 spiro atoms. The predicted molar refractivity (Wildman–Crippen MR) is 511 cm³/mol. The topological polar surface area (TPSA) is 589 Å². The van der Waals surface area contributed by atoms with Crippen LogP contribution in [0.1, 0.15) is 70.6 Å². The zero-order chi connectivity index (χ0) is 94.8. The number of fused-ring (bicyclic) bond motifs is 9. The third-order valence-electron chi connectivity index (χ3n) is 20.2. The lowest BCUT2D eigenvalue weighted by Crippen LogP contribution is -2.17. The van der Waals surface area contributed by atoms with Crippen LogP contribution in [0.5, 0.6) is 0 Å². The maximum atomic E-state index is 5.35. The fourth-order valence-electron chi connectivity index (χ4n) is 13.5. The molecule has 0 unspecified atom stereocenters. The van der Waals surface area contributed by atoms with Gasteiger partial charge in [0.05, 0.1) is 105 Å². The van der Waals surface area contributed by atoms with Crippen LogP contribution in [0.25, 0.3) is 99.9 Å². The first kappa shape index (κ1) is 94.4. The standard InChI is InChI=1S/C12H14N2OS.C11H12N2O2S.C11H12N2OS.C10H8N4OS.C9H7N5OS.C9H6N4OS.C8H6N6OS.2C7H4N6OS/c1-2-4-9(5-3-1)16-12-10-6-7-15-11(10)13-8-14-12;1-4-14-5-2-8(1)16-11-9-3-6-15-10(9)12-7-13-11;1-2-4-8(3-1)15-11-9-5-6-14-10(9)12-7-13-11;1-14-4-3-11-10(14)16-9-7-2-5-15-8(7)12-6-13-9;1-14-5-12-13-9(14)16-8-6-2-3-15-7(6)10-4-11-8;1-4-14-7-6(1)8(13-5-12-7)15-9-10-2-3-11-9;1-14-8(11-12-13-14)16-7-5-2-3-15-6(5)9-4-10-7;2*1-2-14-5-4(1)6(9-3-8-5)15-7-10-12-13-11-7/h6-9H,1-5H2;3,6-8H,1-2,4-5H2;5-8H,1-4H2;2-6H,1H3;2-5H,1H3;1-5H,(H,10,11);2-4H,1H3;2*1-3H,(H,10,11,12,13). The Morgan fingerprint density at radius 2 is 0.636 bits per heavy atom. The van der Waals surface area contributed by atoms with Crippen molar-refractivity contribution in [2.24, 2.45) is 21.1 Å². The number of aryl methyl sites for hydroxylation is 3. The van der Waals surface area contributed by atoms with Crippen molar-refractivity contribution < 1.29 is 44.5 Å². The molecule has 3 aliphatic rings. The molecule has 47 nitrogen and oxygen atoms in total. The number of tetrazole rings is 3. The molecule has 708 valence electrons. The highest BCUT2D eigenvalue weighted by atomic mass is 32.2. The van der Waals surface area contributed by atoms with Gasteiger partial charge in [-0.25, -0.2) is 104 Å². The first-order valence-corrected chi connectivity index (χ1v) is 50.0. The zero-order valence-corrected chi connectivity index (χ0v) is 80.7. The second-order valence-electron chi connectivity index (χ2n) is 29.2. The number of furan rings is 9. The van der Waals surface area contributed by atoms with E-state index < -0.39 is 0 Å². The molecule has 1 saturated heterocycles. The monoisotopic (exact) mass is 2050 g/mol. The van der Waals surface area contributed by atoms with Gasteiger partial charge in [-0.15, -0.1) is 71.0 Å². The Kier molecular flexibility index (Phi) is 31.8. The second kappa shape index (κ2) is 47.2. The third kappa shape index (κ3) is 24.4. The summed E-state index contributed by atoms with van der Waals surface area (Å²) in [6.07, 6.45) is 51.1. The van der Waals surface area contributed by atoms with E-state index in [4.69, 9.17) is 44.5 Å². The van der Waals surface area contributed by atoms with Crippen LogP contribution < -0.4 is 0 Å². The average molecular weight is 2050 g/mol. The smallest absolute Gasteiger partial charge is 0.237 e. The Bertz CT molecular complexity index is 7360. The van der Waals surface area contributed by atoms with Crippen LogP contribution >= 0.6 is 106 Å². The van der Waals surface area contributed by atoms with E-state index in [1.54, 1.807) is 124 Å². The van der Waals surface area contributed by atoms with Gasteiger partial charge in [-0.3, -0.25) is 0 Å². The summed E-state index contributed by atoms with van der Waals surface area (Å²) < 4.78 is 57.6. The molecule has 3 fully saturated rings. The molecule has 0 aromatic carbocycles. The molecule has 140 heavy (non-hydrogen) atoms. The SMILES string of the molecule is Cn1ccnc1Sc1ncnc2occc12.Cn1cnnc1Sc1ncnc2occc12.Cn1nnnc1Sc1ncnc2occc12.c1c[nH]c(Sc2ncnc3occc23)n1.c1nc(SC2CCCC2)c2ccoc2n1.c1nc(SC2CCCCC2)c2ccoc2n1.c1nc(SC2CCOCC2)c2ccoc2n1.c1nc(Sc2nn[nH]n2)c2ccoc2n1.c1nc(Sc2nn[nH]n2)c2ccoc2n1. The van der Waals surface area contributed by atoms with Crippen LogP contribution in [0, 0.1) is 0 Å². The molecule has 0 bridgehead atoms. The van der Waals surface area contributed by atoms with Crippen molar-refractivity contribution in [3.05, 3.63) is 199 Å². The van der Waals surface area contributed by atoms with Crippen LogP contribution in [-0.4, -0.2) is 214 Å². The quantitative estimate of drug-likeness (QED) is 0.0672. The molecule has 25 heterocycles. The molecule has 2 saturated carbocycles. The summed E-state index contributed by atoms with van der Waals surface area (Å²) in [6, 6.07) is 16.8. The number of rotatable bonds is 18. The van der Waals surface area contributed by atoms with E-state index in [1.807, 2.05) is 107 Å². The van der Waals surface area contributed by atoms with Gasteiger partial charge in [0.1, 0.15) is 109 Å². The Labute approximate surface area is 825 Å². The van der Waals surface area contributed by atoms with Crippen molar-refractivity contribution in [2.75, 3.05) is 13.2 Å². The van der Waals surface area contributed by atoms with Gasteiger partial charge in [-0.1, -0.05) is 32.1 Å². The Morgan fingerprint density at radius 3 is 0.950 bits per heavy atom. The van der Waals surface area contributed by atoms with Gasteiger partial charge < -0.3 is 58.6 Å². The molecule has 0 amide bonds. The summed E-state index contributed by atoms with van der Waals surface area (Å²) in [6.45, 7) is 1.72. The van der Waals surface area contributed by atoms with Crippen LogP contribution in [0.2, 0.25) is 0 Å². The highest BCUT2D eigenvalue weighted by Gasteiger charge is 2.24. The van der Waals surface area contributed by atoms with Crippen molar-refractivity contribution >= 4 is 206 Å². The minimum absolute atomic E-state index is 0.510. The summed E-state index contributed by atoms with van der Waals surface area (Å²) >= 11 is 13.9. The molecular formula is C84H73N37O10S9. The molecule has 24 aromatic rings. The highest BCUT2D eigenvalue weighted by Crippen LogP contribution is 2.41. The molecule has 3 N–H and O–H groups in total. The number of aromatic nitrogens is 37. The van der Waals surface area contributed by atoms with Crippen molar-refractivity contribution in [1.29, 1.82) is 0 Å². The molecule has 56 heteroatoms. The first-order chi connectivity index (χ1) is 69.1. The zero-order valence-electron chi connectivity index (χ0n) is 73.4. The van der Waals surface area contributed by atoms with Gasteiger partial charge in [0.2, 0.25) is 66.9 Å². The number of H-pyrrole nitrogens is 3. The van der Waals surface area contributed by atoms with E-state index in [0.29, 0.717) is 72.1 Å². The molecule has 24 aromatic heterocycles. The number of aromatic amines is 3. The lowest BCUT2D eigenvalue weighted by molar-refractivity contribution is 0.1000. The summed E-state index contributed by atoms with van der Waals surface area (Å²) in [5.74, 6) is 0. The number of ether oxygens (including phenoxy) is 1. The second-order valence-corrected chi connectivity index (χ2v) is 38.8. The van der Waals surface area contributed by atoms with Crippen molar-refractivity contribution in [3.63, 3.8) is 0 Å². The van der Waals surface area contributed by atoms with Gasteiger partial charge in [0.25, 0.3) is 0 Å². The van der Waals surface area contributed by atoms with E-state index in [-0.39, 0.29) is 0 Å². The van der Waals surface area contributed by atoms with E-state index >= 15 is 0 Å². The first-order valence-electron chi connectivity index (χ1n) is 42.4. The van der Waals surface area contributed by atoms with Crippen LogP contribution in [0.4, 0.5) is 0 Å². The molecular weight excluding hydrogens is 1980 g/mol. The average Bonchev–Trinajstić information content (AvgIpc) is 1.65. The number of imidazole rings is 2. The van der Waals surface area contributed by atoms with Crippen LogP contribution in [0.3, 0.4) is 0 Å². The molecule has 0 atom stereocenters. The maximum Gasteiger partial charge on any atom is 0.237 e. The van der Waals surface area contributed by atoms with Gasteiger partial charge in [-0.2, -0.15) is 10.4 Å². The lowest BCUT2D eigenvalue weighted by atomic mass is 10.0. The van der Waals surface area contributed by atoms with E-state index in [1.165, 1.54) is 166 Å². The van der Waals surface area contributed by atoms with Crippen molar-refractivity contribution in [1.82, 2.24) is 185 Å². The largest absolute Gasteiger partial charge is 0.446 e.